The molecule has 4 rings (SSSR count). The van der Waals surface area contributed by atoms with Crippen LogP contribution in [0.2, 0.25) is 33.2 Å². The summed E-state index contributed by atoms with van der Waals surface area (Å²) in [7, 11) is -3.81. The molecule has 0 aliphatic carbocycles. The fourth-order valence-electron chi connectivity index (χ4n) is 7.75. The number of carbonyl (C=O) groups is 1. The van der Waals surface area contributed by atoms with E-state index >= 15 is 0 Å². The third-order valence-corrected chi connectivity index (χ3v) is 22.2. The van der Waals surface area contributed by atoms with Gasteiger partial charge in [0.25, 0.3) is 16.6 Å². The first-order chi connectivity index (χ1) is 21.1. The van der Waals surface area contributed by atoms with Crippen molar-refractivity contribution in [2.24, 2.45) is 0 Å². The molecule has 0 spiro atoms. The van der Waals surface area contributed by atoms with Crippen molar-refractivity contribution < 1.29 is 13.6 Å². The molecule has 244 valence electrons. The van der Waals surface area contributed by atoms with Crippen LogP contribution in [0.25, 0.3) is 21.5 Å². The maximum atomic E-state index is 10.9. The Morgan fingerprint density at radius 3 is 1.20 bits per heavy atom. The van der Waals surface area contributed by atoms with Crippen LogP contribution in [0.3, 0.4) is 0 Å². The van der Waals surface area contributed by atoms with Gasteiger partial charge in [0, 0.05) is 10.0 Å². The summed E-state index contributed by atoms with van der Waals surface area (Å²) >= 11 is 3.53. The first-order valence-electron chi connectivity index (χ1n) is 16.6. The highest BCUT2D eigenvalue weighted by Crippen LogP contribution is 2.44. The van der Waals surface area contributed by atoms with Gasteiger partial charge in [-0.2, -0.15) is 0 Å². The van der Waals surface area contributed by atoms with Crippen LogP contribution >= 0.6 is 15.9 Å². The average molecular weight is 708 g/mol. The second-order valence-corrected chi connectivity index (χ2v) is 26.0. The fraction of sp³-hybridized carbons (Fsp3) is 0.462. The van der Waals surface area contributed by atoms with Crippen molar-refractivity contribution in [2.75, 3.05) is 0 Å². The number of rotatable bonds is 11. The van der Waals surface area contributed by atoms with Crippen molar-refractivity contribution in [3.8, 4) is 11.5 Å². The number of hydrogen-bond donors (Lipinski definition) is 0. The molecule has 45 heavy (non-hydrogen) atoms. The lowest BCUT2D eigenvalue weighted by Crippen LogP contribution is -2.50. The standard InChI is InChI=1S/C20H28O2Si.C19H27BrOSi/c1-14(2)23(15(3)4,16(5)6)22-20-10-9-18-11-17(13-21)7-8-19(18)12-20;1-13(2)22(14(3)4,15(5)6)21-19-10-8-16-11-18(20)9-7-17(16)12-19/h7-16H,1-6H3;7-15H,1-6H3. The summed E-state index contributed by atoms with van der Waals surface area (Å²) in [5.74, 6) is 1.98. The Morgan fingerprint density at radius 2 is 0.822 bits per heavy atom. The highest BCUT2D eigenvalue weighted by Gasteiger charge is 2.48. The van der Waals surface area contributed by atoms with E-state index in [9.17, 15) is 4.79 Å². The van der Waals surface area contributed by atoms with Crippen LogP contribution in [0.4, 0.5) is 0 Å². The molecule has 4 aromatic rings. The molecule has 0 aliphatic heterocycles. The lowest BCUT2D eigenvalue weighted by molar-refractivity contribution is 0.112. The van der Waals surface area contributed by atoms with Crippen LogP contribution in [0, 0.1) is 0 Å². The van der Waals surface area contributed by atoms with Crippen molar-refractivity contribution in [3.63, 3.8) is 0 Å². The Kier molecular flexibility index (Phi) is 12.7. The molecule has 6 heteroatoms. The Labute approximate surface area is 283 Å². The monoisotopic (exact) mass is 706 g/mol. The molecule has 0 N–H and O–H groups in total. The summed E-state index contributed by atoms with van der Waals surface area (Å²) in [6.45, 7) is 27.7. The largest absolute Gasteiger partial charge is 0.543 e. The first kappa shape index (κ1) is 37.0. The normalized spacial score (nSPS) is 12.5. The number of halogens is 1. The summed E-state index contributed by atoms with van der Waals surface area (Å²) in [5, 5.41) is 4.67. The number of hydrogen-bond acceptors (Lipinski definition) is 3. The van der Waals surface area contributed by atoms with Gasteiger partial charge in [0.05, 0.1) is 0 Å². The molecule has 0 aromatic heterocycles. The molecule has 0 atom stereocenters. The predicted octanol–water partition coefficient (Wildman–Crippen LogP) is 13.4. The molecular weight excluding hydrogens is 653 g/mol. The van der Waals surface area contributed by atoms with Gasteiger partial charge in [0.15, 0.2) is 0 Å². The summed E-state index contributed by atoms with van der Waals surface area (Å²) in [6, 6.07) is 24.9. The van der Waals surface area contributed by atoms with E-state index < -0.39 is 16.6 Å². The van der Waals surface area contributed by atoms with Gasteiger partial charge in [-0.3, -0.25) is 4.79 Å². The topological polar surface area (TPSA) is 35.5 Å². The van der Waals surface area contributed by atoms with Crippen LogP contribution in [0.1, 0.15) is 93.4 Å². The second-order valence-electron chi connectivity index (χ2n) is 14.4. The highest BCUT2D eigenvalue weighted by atomic mass is 79.9. The van der Waals surface area contributed by atoms with Gasteiger partial charge in [-0.25, -0.2) is 0 Å². The zero-order chi connectivity index (χ0) is 33.7. The lowest BCUT2D eigenvalue weighted by Gasteiger charge is -2.42. The van der Waals surface area contributed by atoms with Crippen LogP contribution < -0.4 is 8.85 Å². The van der Waals surface area contributed by atoms with Gasteiger partial charge in [-0.05, 0) is 97.3 Å². The van der Waals surface area contributed by atoms with Gasteiger partial charge in [0.1, 0.15) is 17.8 Å². The molecule has 4 aromatic carbocycles. The van der Waals surface area contributed by atoms with Crippen LogP contribution in [-0.4, -0.2) is 22.9 Å². The quantitative estimate of drug-likeness (QED) is 0.115. The van der Waals surface area contributed by atoms with Gasteiger partial charge in [-0.15, -0.1) is 0 Å². The number of carbonyl (C=O) groups excluding carboxylic acids is 1. The van der Waals surface area contributed by atoms with E-state index in [0.29, 0.717) is 38.8 Å². The zero-order valence-corrected chi connectivity index (χ0v) is 33.2. The van der Waals surface area contributed by atoms with E-state index in [1.54, 1.807) is 0 Å². The molecular formula is C39H55BrO3Si2. The third-order valence-electron chi connectivity index (χ3n) is 9.75. The number of benzene rings is 4. The van der Waals surface area contributed by atoms with E-state index in [0.717, 1.165) is 33.0 Å². The Bertz CT molecular complexity index is 1530. The summed E-state index contributed by atoms with van der Waals surface area (Å²) in [6.07, 6.45) is 0.887. The van der Waals surface area contributed by atoms with E-state index in [-0.39, 0.29) is 0 Å². The molecule has 0 bridgehead atoms. The zero-order valence-electron chi connectivity index (χ0n) is 29.6. The van der Waals surface area contributed by atoms with Crippen LogP contribution in [0.5, 0.6) is 11.5 Å². The summed E-state index contributed by atoms with van der Waals surface area (Å²) in [5.41, 5.74) is 4.14. The van der Waals surface area contributed by atoms with Crippen molar-refractivity contribution >= 4 is 60.4 Å². The highest BCUT2D eigenvalue weighted by molar-refractivity contribution is 9.10. The molecule has 0 radical (unpaired) electrons. The minimum Gasteiger partial charge on any atom is -0.543 e. The summed E-state index contributed by atoms with van der Waals surface area (Å²) < 4.78 is 14.6. The van der Waals surface area contributed by atoms with E-state index in [4.69, 9.17) is 8.85 Å². The van der Waals surface area contributed by atoms with Crippen molar-refractivity contribution in [1.82, 2.24) is 0 Å². The first-order valence-corrected chi connectivity index (χ1v) is 21.7. The minimum absolute atomic E-state index is 0.552. The number of aldehydes is 1. The summed E-state index contributed by atoms with van der Waals surface area (Å²) in [4.78, 5) is 10.9. The second kappa shape index (κ2) is 15.4. The van der Waals surface area contributed by atoms with Crippen molar-refractivity contribution in [2.45, 2.75) is 116 Å². The molecule has 0 unspecified atom stereocenters. The molecule has 0 saturated heterocycles. The number of fused-ring (bicyclic) bond motifs is 2. The van der Waals surface area contributed by atoms with Gasteiger partial charge in [-0.1, -0.05) is 129 Å². The SMILES string of the molecule is CC(C)[Si](Oc1ccc2cc(Br)ccc2c1)(C(C)C)C(C)C.CC(C)[Si](Oc1ccc2cc(C=O)ccc2c1)(C(C)C)C(C)C. The molecule has 0 heterocycles. The van der Waals surface area contributed by atoms with E-state index in [1.807, 2.05) is 24.3 Å². The van der Waals surface area contributed by atoms with Crippen molar-refractivity contribution in [1.29, 1.82) is 0 Å². The molecule has 0 fully saturated rings. The maximum Gasteiger partial charge on any atom is 0.258 e. The predicted molar refractivity (Wildman–Crippen MR) is 204 cm³/mol. The average Bonchev–Trinajstić information content (AvgIpc) is 2.97. The molecule has 0 aliphatic rings. The third kappa shape index (κ3) is 8.12. The lowest BCUT2D eigenvalue weighted by atomic mass is 10.1. The van der Waals surface area contributed by atoms with Crippen LogP contribution in [0.15, 0.2) is 77.3 Å². The smallest absolute Gasteiger partial charge is 0.258 e. The van der Waals surface area contributed by atoms with Gasteiger partial charge >= 0.3 is 0 Å². The van der Waals surface area contributed by atoms with Gasteiger partial charge in [0.2, 0.25) is 0 Å². The fourth-order valence-corrected chi connectivity index (χ4v) is 18.6. The Balaban J connectivity index is 0.000000246. The minimum atomic E-state index is -1.93. The van der Waals surface area contributed by atoms with Crippen LogP contribution in [-0.2, 0) is 0 Å². The molecule has 0 amide bonds. The van der Waals surface area contributed by atoms with Crippen molar-refractivity contribution in [3.05, 3.63) is 82.8 Å². The Morgan fingerprint density at radius 1 is 0.489 bits per heavy atom. The van der Waals surface area contributed by atoms with Gasteiger partial charge < -0.3 is 8.85 Å². The molecule has 0 saturated carbocycles. The Hall–Kier alpha value is -2.42. The maximum absolute atomic E-state index is 10.9. The molecule has 3 nitrogen and oxygen atoms in total. The van der Waals surface area contributed by atoms with E-state index in [1.165, 1.54) is 10.8 Å². The van der Waals surface area contributed by atoms with E-state index in [2.05, 4.69) is 148 Å².